The molecular formula is C49H40GeN4OPt-2. The van der Waals surface area contributed by atoms with Crippen LogP contribution in [-0.2, 0) is 26.5 Å². The fourth-order valence-electron chi connectivity index (χ4n) is 8.67. The van der Waals surface area contributed by atoms with Crippen LogP contribution in [0, 0.1) is 18.5 Å². The first-order chi connectivity index (χ1) is 26.8. The molecule has 0 atom stereocenters. The predicted molar refractivity (Wildman–Crippen MR) is 225 cm³/mol. The largest absolute Gasteiger partial charge is 0 e. The van der Waals surface area contributed by atoms with Crippen LogP contribution in [0.2, 0.25) is 16.8 Å². The molecule has 1 aliphatic rings. The summed E-state index contributed by atoms with van der Waals surface area (Å²) >= 11 is -2.30. The molecule has 0 fully saturated rings. The molecule has 1 aliphatic heterocycles. The number of pyridine rings is 1. The first kappa shape index (κ1) is 36.4. The number of fused-ring (bicyclic) bond motifs is 5. The van der Waals surface area contributed by atoms with Gasteiger partial charge < -0.3 is 4.57 Å². The second-order valence-corrected chi connectivity index (χ2v) is 25.9. The number of nitrogens with zero attached hydrogens (tertiary/aromatic N) is 4. The quantitative estimate of drug-likeness (QED) is 0.0946. The van der Waals surface area contributed by atoms with Crippen molar-refractivity contribution in [1.29, 1.82) is 0 Å². The van der Waals surface area contributed by atoms with Crippen LogP contribution in [0.3, 0.4) is 0 Å². The van der Waals surface area contributed by atoms with Gasteiger partial charge in [-0.15, -0.1) is 17.5 Å². The Hall–Kier alpha value is -5.23. The Bertz CT molecular complexity index is 2930. The third kappa shape index (κ3) is 6.04. The zero-order valence-electron chi connectivity index (χ0n) is 31.8. The van der Waals surface area contributed by atoms with Crippen molar-refractivity contribution in [3.05, 3.63) is 170 Å². The molecule has 6 aromatic carbocycles. The third-order valence-electron chi connectivity index (χ3n) is 11.5. The molecule has 0 radical (unpaired) electrons. The van der Waals surface area contributed by atoms with Gasteiger partial charge in [-0.05, 0) is 23.6 Å². The predicted octanol–water partition coefficient (Wildman–Crippen LogP) is 10.9. The first-order valence-corrected chi connectivity index (χ1v) is 25.8. The van der Waals surface area contributed by atoms with Crippen LogP contribution >= 0.6 is 0 Å². The van der Waals surface area contributed by atoms with Crippen LogP contribution < -0.4 is 13.7 Å². The van der Waals surface area contributed by atoms with Crippen LogP contribution in [0.4, 0.5) is 0 Å². The Kier molecular flexibility index (Phi) is 9.14. The number of para-hydroxylation sites is 4. The van der Waals surface area contributed by atoms with E-state index in [2.05, 4.69) is 166 Å². The zero-order valence-corrected chi connectivity index (χ0v) is 36.2. The van der Waals surface area contributed by atoms with Crippen molar-refractivity contribution in [2.75, 3.05) is 0 Å². The van der Waals surface area contributed by atoms with Crippen LogP contribution in [0.1, 0.15) is 25.8 Å². The molecule has 0 bridgehead atoms. The number of hydrogen-bond acceptors (Lipinski definition) is 2. The molecule has 0 saturated heterocycles. The Labute approximate surface area is 344 Å². The van der Waals surface area contributed by atoms with E-state index < -0.39 is 13.3 Å². The standard InChI is InChI=1S/C49H40GeN4O.Pt/c1-49(2)28-29-50(3,4)48-40(19-14-20-41(48)49)38-18-5-7-21-42(38)53-33-52(44-23-9-10-24-45(44)53)34-15-13-16-35(31-34)55-36-26-27-39-37-17-6-8-22-43(37)54(46(39)32-36)47-25-11-12-30-51-47;/h5-27,30H,28-29H2,1-4H3;/q-2;. The van der Waals surface area contributed by atoms with Gasteiger partial charge in [-0.3, -0.25) is 0 Å². The minimum absolute atomic E-state index is 0. The molecule has 5 nitrogen and oxygen atoms in total. The zero-order chi connectivity index (χ0) is 37.3. The fourth-order valence-corrected chi connectivity index (χ4v) is 16.2. The molecule has 0 amide bonds. The second kappa shape index (κ2) is 14.1. The van der Waals surface area contributed by atoms with E-state index in [-0.39, 0.29) is 26.5 Å². The van der Waals surface area contributed by atoms with Gasteiger partial charge in [0.05, 0.1) is 0 Å². The number of ether oxygens (including phenoxy) is 1. The van der Waals surface area contributed by atoms with E-state index >= 15 is 0 Å². The van der Waals surface area contributed by atoms with Crippen LogP contribution in [-0.4, -0.2) is 27.4 Å². The van der Waals surface area contributed by atoms with Gasteiger partial charge in [-0.2, -0.15) is 6.07 Å². The molecule has 0 saturated carbocycles. The summed E-state index contributed by atoms with van der Waals surface area (Å²) in [5, 5.41) is 3.58. The van der Waals surface area contributed by atoms with E-state index in [1.807, 2.05) is 42.6 Å². The molecule has 3 aromatic heterocycles. The van der Waals surface area contributed by atoms with Gasteiger partial charge in [-0.25, -0.2) is 4.98 Å². The summed E-state index contributed by atoms with van der Waals surface area (Å²) in [6.45, 7) is 4.84. The van der Waals surface area contributed by atoms with Crippen LogP contribution in [0.15, 0.2) is 146 Å². The van der Waals surface area contributed by atoms with E-state index in [0.717, 1.165) is 50.0 Å². The topological polar surface area (TPSA) is 35.9 Å². The van der Waals surface area contributed by atoms with Crippen molar-refractivity contribution >= 4 is 50.5 Å². The van der Waals surface area contributed by atoms with Gasteiger partial charge >= 0.3 is 222 Å². The van der Waals surface area contributed by atoms with Crippen molar-refractivity contribution in [2.24, 2.45) is 0 Å². The van der Waals surface area contributed by atoms with Crippen molar-refractivity contribution in [3.8, 4) is 39.8 Å². The molecule has 278 valence electrons. The summed E-state index contributed by atoms with van der Waals surface area (Å²) in [7, 11) is 0. The number of aromatic nitrogens is 4. The average molecular weight is 969 g/mol. The minimum atomic E-state index is -2.30. The maximum Gasteiger partial charge on any atom is 0 e. The minimum Gasteiger partial charge on any atom is 0 e. The van der Waals surface area contributed by atoms with E-state index in [9.17, 15) is 0 Å². The Balaban J connectivity index is 0.00000410. The number of imidazole rings is 1. The van der Waals surface area contributed by atoms with Crippen molar-refractivity contribution < 1.29 is 30.4 Å². The number of benzene rings is 6. The smallest absolute Gasteiger partial charge is 0 e. The Morgan fingerprint density at radius 2 is 1.43 bits per heavy atom. The van der Waals surface area contributed by atoms with Gasteiger partial charge in [0.15, 0.2) is 0 Å². The average Bonchev–Trinajstić information content (AvgIpc) is 3.76. The third-order valence-corrected chi connectivity index (χ3v) is 18.6. The van der Waals surface area contributed by atoms with Gasteiger partial charge in [0, 0.05) is 32.8 Å². The molecule has 0 spiro atoms. The Morgan fingerprint density at radius 1 is 0.696 bits per heavy atom. The molecule has 0 unspecified atom stereocenters. The van der Waals surface area contributed by atoms with Crippen LogP contribution in [0.25, 0.3) is 61.2 Å². The summed E-state index contributed by atoms with van der Waals surface area (Å²) in [4.78, 5) is 4.67. The molecular weight excluding hydrogens is 928 g/mol. The number of hydrogen-bond donors (Lipinski definition) is 0. The van der Waals surface area contributed by atoms with Crippen LogP contribution in [0.5, 0.6) is 11.5 Å². The molecule has 0 N–H and O–H groups in total. The van der Waals surface area contributed by atoms with Crippen molar-refractivity contribution in [2.45, 2.75) is 42.4 Å². The second-order valence-electron chi connectivity index (χ2n) is 15.9. The SMILES string of the molecule is CC1(C)C[CH2][Ge]([CH3])([CH3])[c]2c(-c3ccccc3-[n+]3[c-]n(-c4[c-]c(Oc5[c-]c6c(cc5)c5ccccc5n6-c5ccccn5)ccc4)c4ccccc43)cccc21.[Pt]. The molecule has 0 aliphatic carbocycles. The molecule has 10 rings (SSSR count). The van der Waals surface area contributed by atoms with Gasteiger partial charge in [0.2, 0.25) is 0 Å². The van der Waals surface area contributed by atoms with E-state index in [0.29, 0.717) is 11.5 Å². The van der Waals surface area contributed by atoms with Gasteiger partial charge in [-0.1, -0.05) is 29.8 Å². The summed E-state index contributed by atoms with van der Waals surface area (Å²) in [5.74, 6) is 7.22. The summed E-state index contributed by atoms with van der Waals surface area (Å²) in [6, 6.07) is 55.9. The maximum atomic E-state index is 6.53. The van der Waals surface area contributed by atoms with Crippen molar-refractivity contribution in [3.63, 3.8) is 0 Å². The number of rotatable bonds is 6. The summed E-state index contributed by atoms with van der Waals surface area (Å²) in [5.41, 5.74) is 10.4. The Morgan fingerprint density at radius 3 is 2.29 bits per heavy atom. The first-order valence-electron chi connectivity index (χ1n) is 19.0. The fraction of sp³-hybridized carbons (Fsp3) is 0.143. The summed E-state index contributed by atoms with van der Waals surface area (Å²) in [6.07, 6.45) is 6.83. The van der Waals surface area contributed by atoms with E-state index in [1.165, 1.54) is 28.4 Å². The van der Waals surface area contributed by atoms with Gasteiger partial charge in [0.25, 0.3) is 0 Å². The normalized spacial score (nSPS) is 14.4. The molecule has 7 heteroatoms. The molecule has 9 aromatic rings. The van der Waals surface area contributed by atoms with Crippen molar-refractivity contribution in [1.82, 2.24) is 14.1 Å². The molecule has 56 heavy (non-hydrogen) atoms. The maximum absolute atomic E-state index is 6.53. The van der Waals surface area contributed by atoms with E-state index in [1.54, 1.807) is 4.40 Å². The monoisotopic (exact) mass is 969 g/mol. The summed E-state index contributed by atoms with van der Waals surface area (Å²) < 4.78 is 14.6. The van der Waals surface area contributed by atoms with E-state index in [4.69, 9.17) is 4.74 Å². The van der Waals surface area contributed by atoms with Gasteiger partial charge in [0.1, 0.15) is 5.82 Å². The molecule has 4 heterocycles.